The Morgan fingerprint density at radius 3 is 2.14 bits per heavy atom. The van der Waals surface area contributed by atoms with Gasteiger partial charge in [-0.2, -0.15) is 0 Å². The predicted molar refractivity (Wildman–Crippen MR) is 189 cm³/mol. The van der Waals surface area contributed by atoms with Gasteiger partial charge in [0.1, 0.15) is 30.8 Å². The normalized spacial score (nSPS) is 16.7. The molecule has 0 spiro atoms. The molecule has 276 valence electrons. The zero-order valence-corrected chi connectivity index (χ0v) is 29.5. The van der Waals surface area contributed by atoms with Gasteiger partial charge in [0.2, 0.25) is 23.6 Å². The molecule has 51 heavy (non-hydrogen) atoms. The van der Waals surface area contributed by atoms with Gasteiger partial charge in [-0.15, -0.1) is 0 Å². The average Bonchev–Trinajstić information content (AvgIpc) is 3.72. The Bertz CT molecular complexity index is 1540. The number of unbranched alkanes of at least 4 members (excludes halogenated alkanes) is 1. The second-order valence-electron chi connectivity index (χ2n) is 13.5. The highest BCUT2D eigenvalue weighted by atomic mass is 16.5. The van der Waals surface area contributed by atoms with Crippen molar-refractivity contribution in [2.24, 2.45) is 11.7 Å². The van der Waals surface area contributed by atoms with E-state index in [2.05, 4.69) is 21.3 Å². The zero-order valence-electron chi connectivity index (χ0n) is 29.5. The summed E-state index contributed by atoms with van der Waals surface area (Å²) in [5.41, 5.74) is 9.80. The van der Waals surface area contributed by atoms with Gasteiger partial charge in [0.15, 0.2) is 0 Å². The lowest BCUT2D eigenvalue weighted by atomic mass is 9.98. The highest BCUT2D eigenvalue weighted by molar-refractivity contribution is 5.94. The van der Waals surface area contributed by atoms with Gasteiger partial charge in [0.05, 0.1) is 6.54 Å². The Labute approximate surface area is 298 Å². The lowest BCUT2D eigenvalue weighted by Gasteiger charge is -2.26. The van der Waals surface area contributed by atoms with Gasteiger partial charge >= 0.3 is 12.1 Å². The molecule has 4 rings (SSSR count). The minimum atomic E-state index is -1.16. The fraction of sp³-hybridized carbons (Fsp3) is 0.514. The number of nitrogens with two attached hydrogens (primary N) is 1. The Balaban J connectivity index is 1.27. The number of hydrogen-bond acceptors (Lipinski definition) is 8. The number of benzene rings is 2. The van der Waals surface area contributed by atoms with Crippen molar-refractivity contribution in [1.82, 2.24) is 26.2 Å². The van der Waals surface area contributed by atoms with Crippen LogP contribution in [-0.2, 0) is 28.7 Å². The number of aliphatic carboxylic acids is 1. The molecule has 4 atom stereocenters. The molecule has 0 aromatic heterocycles. The topological polar surface area (TPSA) is 209 Å². The molecule has 2 aromatic rings. The second kappa shape index (κ2) is 18.3. The van der Waals surface area contributed by atoms with Crippen molar-refractivity contribution in [1.29, 1.82) is 0 Å². The molecule has 7 N–H and O–H groups in total. The number of carboxylic acid groups (broad SMARTS) is 1. The van der Waals surface area contributed by atoms with Crippen LogP contribution in [0.25, 0.3) is 11.1 Å². The minimum absolute atomic E-state index is 0.0266. The molecular weight excluding hydrogens is 656 g/mol. The summed E-state index contributed by atoms with van der Waals surface area (Å²) < 4.78 is 5.63. The number of ether oxygens (including phenoxy) is 1. The number of amides is 5. The molecule has 0 radical (unpaired) electrons. The number of carbonyl (C=O) groups is 6. The van der Waals surface area contributed by atoms with Gasteiger partial charge in [-0.3, -0.25) is 19.2 Å². The molecule has 1 aliphatic carbocycles. The zero-order chi connectivity index (χ0) is 37.1. The number of rotatable bonds is 17. The van der Waals surface area contributed by atoms with Gasteiger partial charge in [-0.05, 0) is 80.2 Å². The van der Waals surface area contributed by atoms with Crippen LogP contribution < -0.4 is 27.0 Å². The van der Waals surface area contributed by atoms with Crippen LogP contribution in [0.1, 0.15) is 76.3 Å². The lowest BCUT2D eigenvalue weighted by Crippen LogP contribution is -2.55. The van der Waals surface area contributed by atoms with Crippen molar-refractivity contribution >= 4 is 35.7 Å². The Morgan fingerprint density at radius 1 is 0.882 bits per heavy atom. The molecule has 14 nitrogen and oxygen atoms in total. The number of nitrogens with one attached hydrogen (secondary N) is 4. The van der Waals surface area contributed by atoms with E-state index < -0.39 is 66.4 Å². The number of fused-ring (bicyclic) bond motifs is 3. The van der Waals surface area contributed by atoms with Crippen molar-refractivity contribution in [3.05, 3.63) is 59.7 Å². The first kappa shape index (κ1) is 38.8. The van der Waals surface area contributed by atoms with Gasteiger partial charge < -0.3 is 41.7 Å². The largest absolute Gasteiger partial charge is 0.480 e. The Kier molecular flexibility index (Phi) is 13.9. The summed E-state index contributed by atoms with van der Waals surface area (Å²) in [6.45, 7) is 5.61. The van der Waals surface area contributed by atoms with E-state index in [1.54, 1.807) is 0 Å². The summed E-state index contributed by atoms with van der Waals surface area (Å²) >= 11 is 0. The van der Waals surface area contributed by atoms with Crippen LogP contribution >= 0.6 is 0 Å². The summed E-state index contributed by atoms with van der Waals surface area (Å²) in [4.78, 5) is 78.1. The first-order valence-electron chi connectivity index (χ1n) is 17.6. The van der Waals surface area contributed by atoms with E-state index in [9.17, 15) is 33.9 Å². The molecule has 1 fully saturated rings. The number of carbonyl (C=O) groups excluding carboxylic acids is 5. The van der Waals surface area contributed by atoms with Crippen molar-refractivity contribution in [3.63, 3.8) is 0 Å². The third-order valence-corrected chi connectivity index (χ3v) is 9.26. The molecule has 1 aliphatic heterocycles. The maximum atomic E-state index is 13.3. The van der Waals surface area contributed by atoms with Crippen LogP contribution in [0.2, 0.25) is 0 Å². The molecule has 0 unspecified atom stereocenters. The fourth-order valence-electron chi connectivity index (χ4n) is 6.64. The molecule has 5 amide bonds. The molecule has 2 aliphatic rings. The summed E-state index contributed by atoms with van der Waals surface area (Å²) in [6, 6.07) is 12.0. The summed E-state index contributed by atoms with van der Waals surface area (Å²) in [7, 11) is 0. The fourth-order valence-corrected chi connectivity index (χ4v) is 6.64. The molecule has 14 heteroatoms. The standard InChI is InChI=1S/C37H50N6O8/c1-22(2)19-30(42-37(50)51-21-28-26-13-6-4-11-24(26)25-12-5-7-14-27(25)28)34(46)40-23(3)33(45)39-20-32(44)43-18-10-16-31(43)35(47)41-29(36(48)49)15-8-9-17-38/h4-7,11-14,22-23,28-31H,8-10,15-21,38H2,1-3H3,(H,39,45)(H,40,46)(H,41,47)(H,42,50)(H,48,49)/t23-,29-,30-,31-/m0/s1. The molecule has 2 aromatic carbocycles. The minimum Gasteiger partial charge on any atom is -0.480 e. The lowest BCUT2D eigenvalue weighted by molar-refractivity contribution is -0.144. The highest BCUT2D eigenvalue weighted by Gasteiger charge is 2.36. The van der Waals surface area contributed by atoms with Crippen LogP contribution in [0.5, 0.6) is 0 Å². The second-order valence-corrected chi connectivity index (χ2v) is 13.5. The van der Waals surface area contributed by atoms with Crippen LogP contribution in [0.4, 0.5) is 4.79 Å². The predicted octanol–water partition coefficient (Wildman–Crippen LogP) is 2.25. The maximum Gasteiger partial charge on any atom is 0.407 e. The Hall–Kier alpha value is -4.98. The highest BCUT2D eigenvalue weighted by Crippen LogP contribution is 2.44. The van der Waals surface area contributed by atoms with Crippen molar-refractivity contribution in [2.45, 2.75) is 89.4 Å². The summed E-state index contributed by atoms with van der Waals surface area (Å²) in [5.74, 6) is -3.57. The summed E-state index contributed by atoms with van der Waals surface area (Å²) in [6.07, 6.45) is 1.82. The first-order chi connectivity index (χ1) is 24.4. The summed E-state index contributed by atoms with van der Waals surface area (Å²) in [5, 5.41) is 19.8. The molecular formula is C37H50N6O8. The molecule has 1 saturated heterocycles. The van der Waals surface area contributed by atoms with Crippen LogP contribution in [0.3, 0.4) is 0 Å². The van der Waals surface area contributed by atoms with Gasteiger partial charge in [-0.1, -0.05) is 62.4 Å². The average molecular weight is 707 g/mol. The van der Waals surface area contributed by atoms with Crippen LogP contribution in [-0.4, -0.2) is 96.1 Å². The number of nitrogens with zero attached hydrogens (tertiary/aromatic N) is 1. The van der Waals surface area contributed by atoms with Crippen molar-refractivity contribution in [2.75, 3.05) is 26.2 Å². The Morgan fingerprint density at radius 2 is 1.53 bits per heavy atom. The maximum absolute atomic E-state index is 13.3. The van der Waals surface area contributed by atoms with Crippen LogP contribution in [0, 0.1) is 5.92 Å². The van der Waals surface area contributed by atoms with Crippen LogP contribution in [0.15, 0.2) is 48.5 Å². The van der Waals surface area contributed by atoms with E-state index in [1.165, 1.54) is 11.8 Å². The third kappa shape index (κ3) is 10.3. The quantitative estimate of drug-likeness (QED) is 0.133. The van der Waals surface area contributed by atoms with Crippen molar-refractivity contribution in [3.8, 4) is 11.1 Å². The van der Waals surface area contributed by atoms with Crippen molar-refractivity contribution < 1.29 is 38.6 Å². The number of alkyl carbamates (subject to hydrolysis) is 1. The number of carboxylic acids is 1. The van der Waals surface area contributed by atoms with Gasteiger partial charge in [-0.25, -0.2) is 9.59 Å². The monoisotopic (exact) mass is 706 g/mol. The number of hydrogen-bond donors (Lipinski definition) is 6. The smallest absolute Gasteiger partial charge is 0.407 e. The van der Waals surface area contributed by atoms with E-state index in [0.717, 1.165) is 22.3 Å². The SMILES string of the molecule is CC(C)C[C@H](NC(=O)OCC1c2ccccc2-c2ccccc21)C(=O)N[C@@H](C)C(=O)NCC(=O)N1CCC[C@H]1C(=O)N[C@@H](CCCCN)C(=O)O. The molecule has 0 saturated carbocycles. The van der Waals surface area contributed by atoms with E-state index in [1.807, 2.05) is 62.4 Å². The van der Waals surface area contributed by atoms with E-state index in [4.69, 9.17) is 10.5 Å². The van der Waals surface area contributed by atoms with Gasteiger partial charge in [0, 0.05) is 12.5 Å². The molecule has 0 bridgehead atoms. The third-order valence-electron chi connectivity index (χ3n) is 9.26. The van der Waals surface area contributed by atoms with E-state index in [0.29, 0.717) is 32.2 Å². The van der Waals surface area contributed by atoms with E-state index in [-0.39, 0.29) is 37.8 Å². The molecule has 1 heterocycles. The number of likely N-dealkylation sites (tertiary alicyclic amines) is 1. The van der Waals surface area contributed by atoms with Gasteiger partial charge in [0.25, 0.3) is 0 Å². The first-order valence-corrected chi connectivity index (χ1v) is 17.6. The van der Waals surface area contributed by atoms with E-state index >= 15 is 0 Å².